The number of nitrogens with one attached hydrogen (secondary N) is 1. The van der Waals surface area contributed by atoms with Gasteiger partial charge in [0.15, 0.2) is 0 Å². The summed E-state index contributed by atoms with van der Waals surface area (Å²) in [5.41, 5.74) is 1.14. The average molecular weight is 531 g/mol. The zero-order valence-corrected chi connectivity index (χ0v) is 20.7. The Labute approximate surface area is 211 Å². The van der Waals surface area contributed by atoms with Gasteiger partial charge in [0, 0.05) is 43.3 Å². The van der Waals surface area contributed by atoms with Gasteiger partial charge in [-0.25, -0.2) is 17.8 Å². The van der Waals surface area contributed by atoms with Gasteiger partial charge < -0.3 is 14.4 Å². The van der Waals surface area contributed by atoms with Crippen molar-refractivity contribution in [2.24, 2.45) is 0 Å². The molecule has 4 aromatic rings. The molecular formula is C23H23FN6O4S2. The predicted octanol–water partition coefficient (Wildman–Crippen LogP) is 3.12. The number of halogens is 1. The fourth-order valence-electron chi connectivity index (χ4n) is 4.20. The van der Waals surface area contributed by atoms with Crippen molar-refractivity contribution in [1.29, 1.82) is 0 Å². The Hall–Kier alpha value is -3.84. The third kappa shape index (κ3) is 4.42. The second kappa shape index (κ2) is 9.32. The molecule has 1 aliphatic rings. The number of sulfonamides is 1. The minimum atomic E-state index is -3.84. The van der Waals surface area contributed by atoms with E-state index >= 15 is 0 Å². The van der Waals surface area contributed by atoms with Crippen molar-refractivity contribution in [1.82, 2.24) is 18.8 Å². The lowest BCUT2D eigenvalue weighted by Crippen LogP contribution is -2.53. The molecule has 188 valence electrons. The summed E-state index contributed by atoms with van der Waals surface area (Å²) in [4.78, 5) is 32.9. The van der Waals surface area contributed by atoms with Crippen LogP contribution in [-0.2, 0) is 19.6 Å². The zero-order valence-electron chi connectivity index (χ0n) is 19.0. The lowest BCUT2D eigenvalue weighted by Gasteiger charge is -2.35. The highest BCUT2D eigenvalue weighted by molar-refractivity contribution is 7.93. The van der Waals surface area contributed by atoms with Gasteiger partial charge in [-0.3, -0.25) is 14.3 Å². The molecule has 10 nitrogen and oxygen atoms in total. The van der Waals surface area contributed by atoms with E-state index < -0.39 is 16.1 Å². The first-order valence-electron chi connectivity index (χ1n) is 11.0. The number of aromatic nitrogens is 3. The maximum atomic E-state index is 14.0. The van der Waals surface area contributed by atoms with E-state index in [9.17, 15) is 22.4 Å². The van der Waals surface area contributed by atoms with E-state index in [2.05, 4.69) is 14.1 Å². The molecule has 1 saturated heterocycles. The Kier molecular flexibility index (Phi) is 6.18. The van der Waals surface area contributed by atoms with E-state index in [4.69, 9.17) is 0 Å². The molecule has 2 aromatic carbocycles. The van der Waals surface area contributed by atoms with Crippen LogP contribution in [-0.4, -0.2) is 58.7 Å². The number of hydrogen-bond acceptors (Lipinski definition) is 7. The number of nitrogens with zero attached hydrogens (tertiary/aromatic N) is 5. The van der Waals surface area contributed by atoms with Gasteiger partial charge in [-0.15, -0.1) is 0 Å². The number of carbonyl (C=O) groups is 2. The molecule has 0 radical (unpaired) electrons. The first-order valence-corrected chi connectivity index (χ1v) is 13.2. The van der Waals surface area contributed by atoms with Crippen molar-refractivity contribution in [3.05, 3.63) is 66.9 Å². The smallest absolute Gasteiger partial charge is 0.263 e. The van der Waals surface area contributed by atoms with E-state index in [1.165, 1.54) is 34.3 Å². The van der Waals surface area contributed by atoms with Gasteiger partial charge in [-0.05, 0) is 49.4 Å². The van der Waals surface area contributed by atoms with Crippen LogP contribution in [0.4, 0.5) is 15.2 Å². The molecule has 5 rings (SSSR count). The fraction of sp³-hybridized carbons (Fsp3) is 0.217. The van der Waals surface area contributed by atoms with Crippen LogP contribution < -0.4 is 9.62 Å². The normalized spacial score (nSPS) is 15.3. The number of benzene rings is 2. The highest BCUT2D eigenvalue weighted by Gasteiger charge is 2.31. The minimum Gasteiger partial charge on any atom is -0.335 e. The molecule has 1 fully saturated rings. The fourth-order valence-corrected chi connectivity index (χ4v) is 5.86. The van der Waals surface area contributed by atoms with Crippen LogP contribution >= 0.6 is 11.5 Å². The number of anilines is 2. The second-order valence-electron chi connectivity index (χ2n) is 8.22. The van der Waals surface area contributed by atoms with Crippen LogP contribution in [0.5, 0.6) is 0 Å². The molecule has 0 saturated carbocycles. The molecule has 2 aromatic heterocycles. The number of carbonyl (C=O) groups excluding carboxylic acids is 2. The summed E-state index contributed by atoms with van der Waals surface area (Å²) in [5, 5.41) is 0.587. The van der Waals surface area contributed by atoms with E-state index in [0.29, 0.717) is 23.1 Å². The highest BCUT2D eigenvalue weighted by Crippen LogP contribution is 2.26. The molecule has 1 N–H and O–H groups in total. The molecule has 1 aliphatic heterocycles. The number of hydrogen-bond donors (Lipinski definition) is 1. The molecule has 1 atom stereocenters. The van der Waals surface area contributed by atoms with Crippen molar-refractivity contribution < 1.29 is 23.8 Å². The Morgan fingerprint density at radius 2 is 1.94 bits per heavy atom. The van der Waals surface area contributed by atoms with Gasteiger partial charge in [0.1, 0.15) is 24.7 Å². The van der Waals surface area contributed by atoms with Crippen LogP contribution in [0.15, 0.2) is 66.0 Å². The number of piperazine rings is 1. The molecule has 13 heteroatoms. The van der Waals surface area contributed by atoms with Crippen LogP contribution in [0, 0.1) is 5.82 Å². The first-order chi connectivity index (χ1) is 17.2. The standard InChI is InChI=1S/C23H21FN6O4S2.H2/c1-15(29-10-9-18-19(24)3-2-4-20(18)29)22(32)28-11-12-30(21(31)13-28)16-5-7-17(8-6-16)36(33,34)27-23-25-14-26-35-23;/h2-10,14-15H,11-13H2,1H3,(H,25,26,27);1H/t15-;/m1./s1. The maximum Gasteiger partial charge on any atom is 0.263 e. The largest absolute Gasteiger partial charge is 0.335 e. The predicted molar refractivity (Wildman–Crippen MR) is 135 cm³/mol. The highest BCUT2D eigenvalue weighted by atomic mass is 32.2. The molecule has 0 unspecified atom stereocenters. The lowest BCUT2D eigenvalue weighted by molar-refractivity contribution is -0.139. The molecule has 36 heavy (non-hydrogen) atoms. The molecule has 2 amide bonds. The summed E-state index contributed by atoms with van der Waals surface area (Å²) in [5.74, 6) is -0.883. The lowest BCUT2D eigenvalue weighted by atomic mass is 10.2. The Balaban J connectivity index is 0.00000320. The van der Waals surface area contributed by atoms with Crippen molar-refractivity contribution >= 4 is 55.1 Å². The molecule has 0 aliphatic carbocycles. The molecule has 0 spiro atoms. The average Bonchev–Trinajstić information content (AvgIpc) is 3.53. The van der Waals surface area contributed by atoms with Crippen LogP contribution in [0.3, 0.4) is 0 Å². The minimum absolute atomic E-state index is 0. The van der Waals surface area contributed by atoms with E-state index in [0.717, 1.165) is 11.5 Å². The second-order valence-corrected chi connectivity index (χ2v) is 10.7. The topological polar surface area (TPSA) is 118 Å². The summed E-state index contributed by atoms with van der Waals surface area (Å²) in [6, 6.07) is 11.6. The van der Waals surface area contributed by atoms with Gasteiger partial charge in [0.05, 0.1) is 10.4 Å². The summed E-state index contributed by atoms with van der Waals surface area (Å²) in [7, 11) is -3.84. The number of fused-ring (bicyclic) bond motifs is 1. The van der Waals surface area contributed by atoms with Crippen molar-refractivity contribution in [3.8, 4) is 0 Å². The third-order valence-corrected chi connectivity index (χ3v) is 8.12. The van der Waals surface area contributed by atoms with Crippen LogP contribution in [0.25, 0.3) is 10.9 Å². The van der Waals surface area contributed by atoms with Gasteiger partial charge in [0.2, 0.25) is 16.9 Å². The van der Waals surface area contributed by atoms with E-state index in [1.54, 1.807) is 48.0 Å². The van der Waals surface area contributed by atoms with Gasteiger partial charge in [0.25, 0.3) is 10.0 Å². The monoisotopic (exact) mass is 530 g/mol. The van der Waals surface area contributed by atoms with Crippen molar-refractivity contribution in [2.75, 3.05) is 29.3 Å². The Morgan fingerprint density at radius 3 is 2.64 bits per heavy atom. The number of amides is 2. The Bertz CT molecular complexity index is 1540. The summed E-state index contributed by atoms with van der Waals surface area (Å²) in [6.45, 7) is 2.17. The quantitative estimate of drug-likeness (QED) is 0.409. The third-order valence-electron chi connectivity index (χ3n) is 6.06. The van der Waals surface area contributed by atoms with Crippen molar-refractivity contribution in [3.63, 3.8) is 0 Å². The summed E-state index contributed by atoms with van der Waals surface area (Å²) < 4.78 is 46.9. The van der Waals surface area contributed by atoms with E-state index in [1.807, 2.05) is 0 Å². The van der Waals surface area contributed by atoms with Gasteiger partial charge in [-0.1, -0.05) is 6.07 Å². The zero-order chi connectivity index (χ0) is 25.4. The first kappa shape index (κ1) is 23.9. The van der Waals surface area contributed by atoms with Gasteiger partial charge in [-0.2, -0.15) is 4.37 Å². The summed E-state index contributed by atoms with van der Waals surface area (Å²) in [6.07, 6.45) is 2.92. The molecular weight excluding hydrogens is 507 g/mol. The van der Waals surface area contributed by atoms with Gasteiger partial charge >= 0.3 is 0 Å². The van der Waals surface area contributed by atoms with E-state index in [-0.39, 0.29) is 42.2 Å². The van der Waals surface area contributed by atoms with Crippen LogP contribution in [0.1, 0.15) is 14.4 Å². The number of rotatable bonds is 6. The Morgan fingerprint density at radius 1 is 1.17 bits per heavy atom. The molecule has 0 bridgehead atoms. The summed E-state index contributed by atoms with van der Waals surface area (Å²) >= 11 is 0.920. The van der Waals surface area contributed by atoms with Crippen LogP contribution in [0.2, 0.25) is 0 Å². The maximum absolute atomic E-state index is 14.0. The van der Waals surface area contributed by atoms with Crippen molar-refractivity contribution in [2.45, 2.75) is 17.9 Å². The molecule has 3 heterocycles. The SMILES string of the molecule is C[C@H](C(=O)N1CCN(c2ccc(S(=O)(=O)Nc3ncns3)cc2)C(=O)C1)n1ccc2c(F)cccc21.[HH].